The van der Waals surface area contributed by atoms with Crippen LogP contribution in [-0.2, 0) is 13.1 Å². The predicted molar refractivity (Wildman–Crippen MR) is 105 cm³/mol. The normalized spacial score (nSPS) is 11.0. The lowest BCUT2D eigenvalue weighted by molar-refractivity contribution is 0.0963. The third-order valence-electron chi connectivity index (χ3n) is 4.02. The molecule has 0 bridgehead atoms. The number of methoxy groups -OCH3 is 1. The highest BCUT2D eigenvalue weighted by Gasteiger charge is 2.06. The third-order valence-corrected chi connectivity index (χ3v) is 4.02. The first-order valence-corrected chi connectivity index (χ1v) is 8.46. The number of aryl methyl sites for hydroxylation is 1. The van der Waals surface area contributed by atoms with Gasteiger partial charge in [-0.25, -0.2) is 0 Å². The maximum Gasteiger partial charge on any atom is 0.251 e. The summed E-state index contributed by atoms with van der Waals surface area (Å²) in [5, 5.41) is 9.16. The molecule has 2 rings (SSSR count). The number of carbonyl (C=O) groups is 1. The predicted octanol–water partition coefficient (Wildman–Crippen LogP) is 2.23. The molecule has 26 heavy (non-hydrogen) atoms. The van der Waals surface area contributed by atoms with Crippen molar-refractivity contribution in [3.63, 3.8) is 0 Å². The van der Waals surface area contributed by atoms with Gasteiger partial charge in [-0.1, -0.05) is 24.3 Å². The Labute approximate surface area is 154 Å². The molecule has 0 aromatic heterocycles. The Kier molecular flexibility index (Phi) is 7.02. The Morgan fingerprint density at radius 3 is 2.38 bits per heavy atom. The highest BCUT2D eigenvalue weighted by atomic mass is 16.5. The summed E-state index contributed by atoms with van der Waals surface area (Å²) in [5.41, 5.74) is 3.93. The first-order valence-electron chi connectivity index (χ1n) is 8.46. The Balaban J connectivity index is 1.91. The molecule has 0 saturated carbocycles. The minimum atomic E-state index is -0.0889. The molecule has 0 heterocycles. The number of guanidine groups is 1. The van der Waals surface area contributed by atoms with Gasteiger partial charge in [-0.2, -0.15) is 0 Å². The first-order chi connectivity index (χ1) is 12.6. The highest BCUT2D eigenvalue weighted by Crippen LogP contribution is 2.19. The number of nitrogens with zero attached hydrogens (tertiary/aromatic N) is 1. The van der Waals surface area contributed by atoms with Gasteiger partial charge in [0.15, 0.2) is 5.96 Å². The van der Waals surface area contributed by atoms with Crippen LogP contribution in [0.1, 0.15) is 27.0 Å². The number of ether oxygens (including phenoxy) is 1. The zero-order valence-electron chi connectivity index (χ0n) is 15.7. The highest BCUT2D eigenvalue weighted by molar-refractivity contribution is 5.93. The van der Waals surface area contributed by atoms with E-state index in [-0.39, 0.29) is 5.91 Å². The second kappa shape index (κ2) is 9.46. The van der Waals surface area contributed by atoms with E-state index in [1.165, 1.54) is 0 Å². The maximum atomic E-state index is 11.6. The van der Waals surface area contributed by atoms with Crippen molar-refractivity contribution in [1.29, 1.82) is 0 Å². The van der Waals surface area contributed by atoms with Crippen molar-refractivity contribution >= 4 is 11.9 Å². The average Bonchev–Trinajstić information content (AvgIpc) is 2.68. The van der Waals surface area contributed by atoms with Crippen molar-refractivity contribution in [3.8, 4) is 5.75 Å². The van der Waals surface area contributed by atoms with Crippen molar-refractivity contribution in [3.05, 3.63) is 64.7 Å². The van der Waals surface area contributed by atoms with Gasteiger partial charge in [0.05, 0.1) is 7.11 Å². The molecule has 0 aliphatic heterocycles. The van der Waals surface area contributed by atoms with Gasteiger partial charge in [0.2, 0.25) is 0 Å². The van der Waals surface area contributed by atoms with Crippen LogP contribution in [-0.4, -0.2) is 33.1 Å². The smallest absolute Gasteiger partial charge is 0.251 e. The van der Waals surface area contributed by atoms with E-state index in [1.54, 1.807) is 21.2 Å². The molecule has 3 N–H and O–H groups in total. The quantitative estimate of drug-likeness (QED) is 0.549. The van der Waals surface area contributed by atoms with Crippen LogP contribution < -0.4 is 20.7 Å². The molecule has 6 nitrogen and oxygen atoms in total. The zero-order chi connectivity index (χ0) is 18.9. The van der Waals surface area contributed by atoms with Crippen LogP contribution >= 0.6 is 0 Å². The number of rotatable bonds is 6. The number of nitrogens with one attached hydrogen (secondary N) is 3. The topological polar surface area (TPSA) is 74.8 Å². The van der Waals surface area contributed by atoms with Gasteiger partial charge in [0.1, 0.15) is 5.75 Å². The molecular weight excluding hydrogens is 328 g/mol. The van der Waals surface area contributed by atoms with Gasteiger partial charge in [-0.15, -0.1) is 0 Å². The molecule has 138 valence electrons. The third kappa shape index (κ3) is 5.24. The molecule has 2 aromatic rings. The van der Waals surface area contributed by atoms with Gasteiger partial charge >= 0.3 is 0 Å². The summed E-state index contributed by atoms with van der Waals surface area (Å²) in [6.07, 6.45) is 0. The maximum absolute atomic E-state index is 11.6. The standard InChI is InChI=1S/C20H26N4O2/c1-14-5-8-17(18(11-14)26-4)13-24-20(22-3)23-12-15-6-9-16(10-7-15)19(25)21-2/h5-11H,12-13H2,1-4H3,(H,21,25)(H2,22,23,24). The van der Waals surface area contributed by atoms with Crippen LogP contribution in [0.3, 0.4) is 0 Å². The van der Waals surface area contributed by atoms with Crippen molar-refractivity contribution < 1.29 is 9.53 Å². The van der Waals surface area contributed by atoms with Crippen LogP contribution in [0.5, 0.6) is 5.75 Å². The fourth-order valence-corrected chi connectivity index (χ4v) is 2.50. The monoisotopic (exact) mass is 354 g/mol. The largest absolute Gasteiger partial charge is 0.496 e. The van der Waals surface area contributed by atoms with Gasteiger partial charge < -0.3 is 20.7 Å². The Morgan fingerprint density at radius 2 is 1.77 bits per heavy atom. The fraction of sp³-hybridized carbons (Fsp3) is 0.300. The molecule has 0 fully saturated rings. The van der Waals surface area contributed by atoms with Crippen LogP contribution in [0.25, 0.3) is 0 Å². The molecule has 0 aliphatic carbocycles. The number of hydrogen-bond acceptors (Lipinski definition) is 3. The number of hydrogen-bond donors (Lipinski definition) is 3. The number of aliphatic imine (C=N–C) groups is 1. The van der Waals surface area contributed by atoms with E-state index in [0.29, 0.717) is 24.6 Å². The Morgan fingerprint density at radius 1 is 1.08 bits per heavy atom. The second-order valence-corrected chi connectivity index (χ2v) is 5.87. The van der Waals surface area contributed by atoms with Gasteiger partial charge in [-0.3, -0.25) is 9.79 Å². The van der Waals surface area contributed by atoms with E-state index in [1.807, 2.05) is 43.3 Å². The summed E-state index contributed by atoms with van der Waals surface area (Å²) in [5.74, 6) is 1.47. The van der Waals surface area contributed by atoms with E-state index >= 15 is 0 Å². The lowest BCUT2D eigenvalue weighted by Gasteiger charge is -2.14. The number of amides is 1. The van der Waals surface area contributed by atoms with Crippen LogP contribution in [0, 0.1) is 6.92 Å². The molecular formula is C20H26N4O2. The van der Waals surface area contributed by atoms with E-state index in [4.69, 9.17) is 4.74 Å². The van der Waals surface area contributed by atoms with Crippen LogP contribution in [0.2, 0.25) is 0 Å². The van der Waals surface area contributed by atoms with Crippen molar-refractivity contribution in [2.24, 2.45) is 4.99 Å². The van der Waals surface area contributed by atoms with E-state index in [9.17, 15) is 4.79 Å². The Bertz CT molecular complexity index is 770. The second-order valence-electron chi connectivity index (χ2n) is 5.87. The summed E-state index contributed by atoms with van der Waals surface area (Å²) >= 11 is 0. The van der Waals surface area contributed by atoms with E-state index in [0.717, 1.165) is 22.4 Å². The lowest BCUT2D eigenvalue weighted by Crippen LogP contribution is -2.36. The molecule has 1 amide bonds. The molecule has 2 aromatic carbocycles. The molecule has 0 saturated heterocycles. The van der Waals surface area contributed by atoms with E-state index in [2.05, 4.69) is 27.0 Å². The van der Waals surface area contributed by atoms with Gasteiger partial charge in [0.25, 0.3) is 5.91 Å². The average molecular weight is 354 g/mol. The summed E-state index contributed by atoms with van der Waals surface area (Å²) in [6, 6.07) is 13.6. The van der Waals surface area contributed by atoms with Crippen molar-refractivity contribution in [2.45, 2.75) is 20.0 Å². The van der Waals surface area contributed by atoms with Crippen LogP contribution in [0.15, 0.2) is 47.5 Å². The number of benzene rings is 2. The summed E-state index contributed by atoms with van der Waals surface area (Å²) in [4.78, 5) is 15.8. The molecule has 0 aliphatic rings. The minimum absolute atomic E-state index is 0.0889. The molecule has 6 heteroatoms. The van der Waals surface area contributed by atoms with E-state index < -0.39 is 0 Å². The van der Waals surface area contributed by atoms with Gasteiger partial charge in [-0.05, 0) is 36.2 Å². The molecule has 0 unspecified atom stereocenters. The number of carbonyl (C=O) groups excluding carboxylic acids is 1. The first kappa shape index (κ1) is 19.3. The Hall–Kier alpha value is -3.02. The minimum Gasteiger partial charge on any atom is -0.496 e. The SMILES string of the molecule is CN=C(NCc1ccc(C(=O)NC)cc1)NCc1ccc(C)cc1OC. The van der Waals surface area contributed by atoms with Crippen molar-refractivity contribution in [1.82, 2.24) is 16.0 Å². The molecule has 0 spiro atoms. The zero-order valence-corrected chi connectivity index (χ0v) is 15.7. The fourth-order valence-electron chi connectivity index (χ4n) is 2.50. The summed E-state index contributed by atoms with van der Waals surface area (Å²) in [7, 11) is 5.03. The van der Waals surface area contributed by atoms with Crippen molar-refractivity contribution in [2.75, 3.05) is 21.2 Å². The van der Waals surface area contributed by atoms with Gasteiger partial charge in [0, 0.05) is 38.3 Å². The molecule has 0 radical (unpaired) electrons. The lowest BCUT2D eigenvalue weighted by atomic mass is 10.1. The van der Waals surface area contributed by atoms with Crippen LogP contribution in [0.4, 0.5) is 0 Å². The molecule has 0 atom stereocenters. The summed E-state index contributed by atoms with van der Waals surface area (Å²) < 4.78 is 5.43. The summed E-state index contributed by atoms with van der Waals surface area (Å²) in [6.45, 7) is 3.26.